The minimum absolute atomic E-state index is 0.187. The standard InChI is InChI=1S/C20H22ClN3O3/c1-20(19(26)27)11-15(18(25)23-12-13-7-9-22-10-8-13)17(24(20)2)14-5-3-4-6-16(14)21/h3-10,15,17H,11-12H2,1-2H3,(H,23,25)(H,26,27)/t15-,17-,20-/m0/s1. The number of carbonyl (C=O) groups is 2. The molecule has 1 aromatic heterocycles. The summed E-state index contributed by atoms with van der Waals surface area (Å²) < 4.78 is 0. The molecule has 0 bridgehead atoms. The monoisotopic (exact) mass is 387 g/mol. The highest BCUT2D eigenvalue weighted by molar-refractivity contribution is 6.31. The van der Waals surface area contributed by atoms with Gasteiger partial charge >= 0.3 is 5.97 Å². The minimum Gasteiger partial charge on any atom is -0.480 e. The van der Waals surface area contributed by atoms with Crippen molar-refractivity contribution in [3.8, 4) is 0 Å². The topological polar surface area (TPSA) is 82.5 Å². The second-order valence-electron chi connectivity index (χ2n) is 7.04. The van der Waals surface area contributed by atoms with Gasteiger partial charge in [0.2, 0.25) is 5.91 Å². The molecule has 1 amide bonds. The maximum absolute atomic E-state index is 13.0. The number of hydrogen-bond acceptors (Lipinski definition) is 4. The van der Waals surface area contributed by atoms with Crippen molar-refractivity contribution in [3.63, 3.8) is 0 Å². The summed E-state index contributed by atoms with van der Waals surface area (Å²) in [6.45, 7) is 2.01. The van der Waals surface area contributed by atoms with Crippen LogP contribution < -0.4 is 5.32 Å². The van der Waals surface area contributed by atoms with E-state index < -0.39 is 23.5 Å². The number of nitrogens with zero attached hydrogens (tertiary/aromatic N) is 2. The van der Waals surface area contributed by atoms with Gasteiger partial charge in [0.05, 0.1) is 5.92 Å². The molecule has 1 aliphatic heterocycles. The van der Waals surface area contributed by atoms with Crippen molar-refractivity contribution in [3.05, 3.63) is 64.9 Å². The van der Waals surface area contributed by atoms with Crippen molar-refractivity contribution >= 4 is 23.5 Å². The molecule has 6 nitrogen and oxygen atoms in total. The SMILES string of the molecule is CN1[C@@H](c2ccccc2Cl)[C@@H](C(=O)NCc2ccncc2)C[C@@]1(C)C(=O)O. The predicted octanol–water partition coefficient (Wildman–Crippen LogP) is 2.89. The Morgan fingerprint density at radius 3 is 2.59 bits per heavy atom. The number of likely N-dealkylation sites (tertiary alicyclic amines) is 1. The van der Waals surface area contributed by atoms with E-state index in [2.05, 4.69) is 10.3 Å². The lowest BCUT2D eigenvalue weighted by Crippen LogP contribution is -2.46. The fraction of sp³-hybridized carbons (Fsp3) is 0.350. The first-order chi connectivity index (χ1) is 12.8. The number of likely N-dealkylation sites (N-methyl/N-ethyl adjacent to an activating group) is 1. The molecular formula is C20H22ClN3O3. The largest absolute Gasteiger partial charge is 0.480 e. The van der Waals surface area contributed by atoms with E-state index in [1.54, 1.807) is 37.3 Å². The predicted molar refractivity (Wildman–Crippen MR) is 102 cm³/mol. The van der Waals surface area contributed by atoms with Gasteiger partial charge < -0.3 is 10.4 Å². The van der Waals surface area contributed by atoms with Crippen LogP contribution in [-0.4, -0.2) is 39.5 Å². The fourth-order valence-corrected chi connectivity index (χ4v) is 3.94. The number of carboxylic acids is 1. The zero-order valence-electron chi connectivity index (χ0n) is 15.2. The van der Waals surface area contributed by atoms with E-state index in [0.717, 1.165) is 11.1 Å². The fourth-order valence-electron chi connectivity index (χ4n) is 3.70. The van der Waals surface area contributed by atoms with E-state index in [-0.39, 0.29) is 12.3 Å². The van der Waals surface area contributed by atoms with E-state index in [1.165, 1.54) is 0 Å². The summed E-state index contributed by atoms with van der Waals surface area (Å²) in [5, 5.41) is 13.2. The summed E-state index contributed by atoms with van der Waals surface area (Å²) in [7, 11) is 1.73. The van der Waals surface area contributed by atoms with Crippen LogP contribution in [0.1, 0.15) is 30.5 Å². The number of rotatable bonds is 5. The van der Waals surface area contributed by atoms with Crippen LogP contribution in [0, 0.1) is 5.92 Å². The van der Waals surface area contributed by atoms with E-state index in [4.69, 9.17) is 11.6 Å². The molecule has 0 unspecified atom stereocenters. The zero-order chi connectivity index (χ0) is 19.6. The molecule has 7 heteroatoms. The Bertz CT molecular complexity index is 845. The Labute approximate surface area is 163 Å². The van der Waals surface area contributed by atoms with Gasteiger partial charge in [-0.1, -0.05) is 29.8 Å². The summed E-state index contributed by atoms with van der Waals surface area (Å²) in [5.41, 5.74) is 0.540. The van der Waals surface area contributed by atoms with Crippen LogP contribution in [0.2, 0.25) is 5.02 Å². The van der Waals surface area contributed by atoms with Crippen molar-refractivity contribution < 1.29 is 14.7 Å². The molecule has 0 radical (unpaired) electrons. The maximum Gasteiger partial charge on any atom is 0.323 e. The molecule has 2 N–H and O–H groups in total. The summed E-state index contributed by atoms with van der Waals surface area (Å²) in [4.78, 5) is 30.6. The van der Waals surface area contributed by atoms with E-state index in [1.807, 2.05) is 30.3 Å². The molecular weight excluding hydrogens is 366 g/mol. The molecule has 1 saturated heterocycles. The molecule has 142 valence electrons. The number of aliphatic carboxylic acids is 1. The lowest BCUT2D eigenvalue weighted by molar-refractivity contribution is -0.148. The Morgan fingerprint density at radius 2 is 1.96 bits per heavy atom. The van der Waals surface area contributed by atoms with Crippen LogP contribution in [0.3, 0.4) is 0 Å². The molecule has 3 rings (SSSR count). The van der Waals surface area contributed by atoms with Crippen molar-refractivity contribution in [2.24, 2.45) is 5.92 Å². The number of aromatic nitrogens is 1. The molecule has 0 saturated carbocycles. The van der Waals surface area contributed by atoms with Crippen molar-refractivity contribution in [2.75, 3.05) is 7.05 Å². The Morgan fingerprint density at radius 1 is 1.30 bits per heavy atom. The van der Waals surface area contributed by atoms with Crippen LogP contribution in [0.4, 0.5) is 0 Å². The van der Waals surface area contributed by atoms with E-state index in [0.29, 0.717) is 11.6 Å². The molecule has 1 fully saturated rings. The number of amides is 1. The molecule has 27 heavy (non-hydrogen) atoms. The molecule has 1 aliphatic rings. The van der Waals surface area contributed by atoms with Crippen LogP contribution in [0.25, 0.3) is 0 Å². The first-order valence-electron chi connectivity index (χ1n) is 8.72. The first-order valence-corrected chi connectivity index (χ1v) is 9.10. The van der Waals surface area contributed by atoms with Crippen molar-refractivity contribution in [1.29, 1.82) is 0 Å². The molecule has 2 aromatic rings. The van der Waals surface area contributed by atoms with Gasteiger partial charge in [-0.15, -0.1) is 0 Å². The number of benzene rings is 1. The van der Waals surface area contributed by atoms with Crippen molar-refractivity contribution in [2.45, 2.75) is 31.5 Å². The van der Waals surface area contributed by atoms with Crippen LogP contribution in [0.15, 0.2) is 48.8 Å². The van der Waals surface area contributed by atoms with Gasteiger partial charge in [-0.25, -0.2) is 0 Å². The number of nitrogens with one attached hydrogen (secondary N) is 1. The van der Waals surface area contributed by atoms with Gasteiger partial charge in [0.25, 0.3) is 0 Å². The first kappa shape index (κ1) is 19.3. The van der Waals surface area contributed by atoms with Gasteiger partial charge in [-0.05, 0) is 49.7 Å². The molecule has 2 heterocycles. The van der Waals surface area contributed by atoms with Gasteiger partial charge in [0.1, 0.15) is 5.54 Å². The summed E-state index contributed by atoms with van der Waals surface area (Å²) >= 11 is 6.37. The highest BCUT2D eigenvalue weighted by Gasteiger charge is 2.54. The third kappa shape index (κ3) is 3.68. The average molecular weight is 388 g/mol. The molecule has 0 aliphatic carbocycles. The van der Waals surface area contributed by atoms with Gasteiger partial charge in [0, 0.05) is 30.0 Å². The van der Waals surface area contributed by atoms with Crippen LogP contribution in [-0.2, 0) is 16.1 Å². The number of pyridine rings is 1. The summed E-state index contributed by atoms with van der Waals surface area (Å²) in [6.07, 6.45) is 3.54. The number of carbonyl (C=O) groups excluding carboxylic acids is 1. The average Bonchev–Trinajstić information content (AvgIpc) is 2.94. The Balaban J connectivity index is 1.89. The number of halogens is 1. The smallest absolute Gasteiger partial charge is 0.323 e. The minimum atomic E-state index is -1.15. The lowest BCUT2D eigenvalue weighted by Gasteiger charge is -2.32. The number of carboxylic acid groups (broad SMARTS) is 1. The van der Waals surface area contributed by atoms with E-state index >= 15 is 0 Å². The van der Waals surface area contributed by atoms with Crippen LogP contribution >= 0.6 is 11.6 Å². The van der Waals surface area contributed by atoms with Crippen molar-refractivity contribution in [1.82, 2.24) is 15.2 Å². The molecule has 1 aromatic carbocycles. The third-order valence-corrected chi connectivity index (χ3v) is 5.78. The zero-order valence-corrected chi connectivity index (χ0v) is 16.0. The van der Waals surface area contributed by atoms with Gasteiger partial charge in [-0.3, -0.25) is 19.5 Å². The highest BCUT2D eigenvalue weighted by atomic mass is 35.5. The lowest BCUT2D eigenvalue weighted by atomic mass is 9.89. The Kier molecular flexibility index (Phi) is 5.48. The van der Waals surface area contributed by atoms with Gasteiger partial charge in [-0.2, -0.15) is 0 Å². The Hall–Kier alpha value is -2.44. The second-order valence-corrected chi connectivity index (χ2v) is 7.45. The van der Waals surface area contributed by atoms with Gasteiger partial charge in [0.15, 0.2) is 0 Å². The quantitative estimate of drug-likeness (QED) is 0.824. The molecule has 3 atom stereocenters. The highest BCUT2D eigenvalue weighted by Crippen LogP contribution is 2.47. The normalized spacial score (nSPS) is 25.3. The third-order valence-electron chi connectivity index (χ3n) is 5.43. The van der Waals surface area contributed by atoms with E-state index in [9.17, 15) is 14.7 Å². The summed E-state index contributed by atoms with van der Waals surface area (Å²) in [5.74, 6) is -1.67. The van der Waals surface area contributed by atoms with Crippen LogP contribution in [0.5, 0.6) is 0 Å². The maximum atomic E-state index is 13.0. The number of hydrogen-bond donors (Lipinski definition) is 2. The molecule has 0 spiro atoms. The summed E-state index contributed by atoms with van der Waals surface area (Å²) in [6, 6.07) is 10.5. The second kappa shape index (κ2) is 7.66.